The summed E-state index contributed by atoms with van der Waals surface area (Å²) < 4.78 is 13.6. The lowest BCUT2D eigenvalue weighted by Gasteiger charge is -2.20. The number of rotatable bonds is 10. The van der Waals surface area contributed by atoms with Crippen molar-refractivity contribution < 1.29 is 9.47 Å². The van der Waals surface area contributed by atoms with E-state index in [0.29, 0.717) is 25.7 Å². The van der Waals surface area contributed by atoms with Gasteiger partial charge in [-0.15, -0.1) is 24.0 Å². The minimum atomic E-state index is 0. The van der Waals surface area contributed by atoms with E-state index in [2.05, 4.69) is 56.4 Å². The molecule has 0 aliphatic carbocycles. The van der Waals surface area contributed by atoms with Gasteiger partial charge in [0.05, 0.1) is 25.8 Å². The number of imidazole rings is 1. The number of nitrogens with zero attached hydrogens (tertiary/aromatic N) is 3. The summed E-state index contributed by atoms with van der Waals surface area (Å²) in [7, 11) is 1.77. The molecule has 0 fully saturated rings. The highest BCUT2D eigenvalue weighted by molar-refractivity contribution is 14.0. The minimum Gasteiger partial charge on any atom is -0.490 e. The zero-order valence-corrected chi connectivity index (χ0v) is 22.1. The predicted molar refractivity (Wildman–Crippen MR) is 144 cm³/mol. The molecule has 3 aromatic rings. The molecule has 1 heterocycles. The van der Waals surface area contributed by atoms with Crippen LogP contribution in [-0.2, 0) is 13.1 Å². The molecule has 0 saturated carbocycles. The van der Waals surface area contributed by atoms with Crippen LogP contribution in [0.25, 0.3) is 0 Å². The summed E-state index contributed by atoms with van der Waals surface area (Å²) in [6.07, 6.45) is 3.83. The van der Waals surface area contributed by atoms with Gasteiger partial charge in [-0.2, -0.15) is 0 Å². The topological polar surface area (TPSA) is 72.7 Å². The molecule has 178 valence electrons. The minimum absolute atomic E-state index is 0. The van der Waals surface area contributed by atoms with Crippen LogP contribution in [0.15, 0.2) is 65.9 Å². The van der Waals surface area contributed by atoms with Gasteiger partial charge in [0.1, 0.15) is 5.82 Å². The van der Waals surface area contributed by atoms with Gasteiger partial charge in [0.15, 0.2) is 17.5 Å². The maximum Gasteiger partial charge on any atom is 0.191 e. The van der Waals surface area contributed by atoms with Crippen LogP contribution in [-0.4, -0.2) is 35.8 Å². The smallest absolute Gasteiger partial charge is 0.191 e. The Morgan fingerprint density at radius 1 is 1.06 bits per heavy atom. The second kappa shape index (κ2) is 13.7. The molecule has 0 saturated heterocycles. The standard InChI is InChI=1S/C25H33N5O2.HI/c1-5-31-22-13-12-21(16-23(22)32-6-2)19(3)29-25(26-4)28-17-24-27-14-15-30(24)18-20-10-8-7-9-11-20;/h7-16,19H,5-6,17-18H2,1-4H3,(H2,26,28,29);1H. The van der Waals surface area contributed by atoms with E-state index >= 15 is 0 Å². The van der Waals surface area contributed by atoms with Crippen LogP contribution in [0.3, 0.4) is 0 Å². The number of nitrogens with one attached hydrogen (secondary N) is 2. The Bertz CT molecular complexity index is 1010. The van der Waals surface area contributed by atoms with E-state index in [1.54, 1.807) is 7.05 Å². The molecule has 3 rings (SSSR count). The van der Waals surface area contributed by atoms with Crippen LogP contribution in [0.1, 0.15) is 43.8 Å². The number of aliphatic imine (C=N–C) groups is 1. The number of benzene rings is 2. The maximum atomic E-state index is 5.76. The monoisotopic (exact) mass is 563 g/mol. The van der Waals surface area contributed by atoms with Crippen molar-refractivity contribution in [1.82, 2.24) is 20.2 Å². The molecule has 8 heteroatoms. The van der Waals surface area contributed by atoms with Gasteiger partial charge in [-0.1, -0.05) is 36.4 Å². The molecule has 0 aliphatic heterocycles. The first-order valence-corrected chi connectivity index (χ1v) is 11.0. The zero-order valence-electron chi connectivity index (χ0n) is 19.7. The first-order valence-electron chi connectivity index (χ1n) is 11.0. The third kappa shape index (κ3) is 7.66. The number of halogens is 1. The van der Waals surface area contributed by atoms with Crippen molar-refractivity contribution in [3.63, 3.8) is 0 Å². The molecule has 33 heavy (non-hydrogen) atoms. The summed E-state index contributed by atoms with van der Waals surface area (Å²) in [6, 6.07) is 16.4. The highest BCUT2D eigenvalue weighted by Crippen LogP contribution is 2.30. The van der Waals surface area contributed by atoms with Crippen LogP contribution < -0.4 is 20.1 Å². The maximum absolute atomic E-state index is 5.76. The van der Waals surface area contributed by atoms with Gasteiger partial charge < -0.3 is 24.7 Å². The molecule has 0 amide bonds. The van der Waals surface area contributed by atoms with E-state index in [-0.39, 0.29) is 30.0 Å². The van der Waals surface area contributed by atoms with E-state index in [1.807, 2.05) is 50.5 Å². The van der Waals surface area contributed by atoms with Crippen molar-refractivity contribution in [3.05, 3.63) is 77.9 Å². The number of aromatic nitrogens is 2. The summed E-state index contributed by atoms with van der Waals surface area (Å²) in [5, 5.41) is 6.81. The van der Waals surface area contributed by atoms with Crippen molar-refractivity contribution in [3.8, 4) is 11.5 Å². The normalized spacial score (nSPS) is 11.9. The van der Waals surface area contributed by atoms with E-state index in [9.17, 15) is 0 Å². The van der Waals surface area contributed by atoms with E-state index in [0.717, 1.165) is 29.4 Å². The van der Waals surface area contributed by atoms with Gasteiger partial charge in [0.2, 0.25) is 0 Å². The Kier molecular flexibility index (Phi) is 11.0. The van der Waals surface area contributed by atoms with Gasteiger partial charge in [0, 0.05) is 26.0 Å². The Balaban J connectivity index is 0.00000385. The Morgan fingerprint density at radius 2 is 1.79 bits per heavy atom. The van der Waals surface area contributed by atoms with Crippen LogP contribution in [0.2, 0.25) is 0 Å². The number of hydrogen-bond acceptors (Lipinski definition) is 4. The number of ether oxygens (including phenoxy) is 2. The molecule has 1 aromatic heterocycles. The molecule has 2 N–H and O–H groups in total. The lowest BCUT2D eigenvalue weighted by Crippen LogP contribution is -2.38. The summed E-state index contributed by atoms with van der Waals surface area (Å²) in [4.78, 5) is 8.88. The molecular weight excluding hydrogens is 529 g/mol. The average molecular weight is 563 g/mol. The summed E-state index contributed by atoms with van der Waals surface area (Å²) >= 11 is 0. The quantitative estimate of drug-likeness (QED) is 0.211. The lowest BCUT2D eigenvalue weighted by atomic mass is 10.1. The fourth-order valence-corrected chi connectivity index (χ4v) is 3.41. The van der Waals surface area contributed by atoms with Gasteiger partial charge in [-0.25, -0.2) is 4.98 Å². The third-order valence-electron chi connectivity index (χ3n) is 5.06. The molecule has 1 unspecified atom stereocenters. The van der Waals surface area contributed by atoms with Crippen LogP contribution in [0.5, 0.6) is 11.5 Å². The van der Waals surface area contributed by atoms with Gasteiger partial charge in [0.25, 0.3) is 0 Å². The third-order valence-corrected chi connectivity index (χ3v) is 5.06. The van der Waals surface area contributed by atoms with Gasteiger partial charge in [-0.3, -0.25) is 4.99 Å². The fourth-order valence-electron chi connectivity index (χ4n) is 3.41. The molecule has 1 atom stereocenters. The fraction of sp³-hybridized carbons (Fsp3) is 0.360. The van der Waals surface area contributed by atoms with Crippen LogP contribution in [0.4, 0.5) is 0 Å². The molecule has 0 bridgehead atoms. The molecule has 0 aliphatic rings. The van der Waals surface area contributed by atoms with Gasteiger partial charge in [-0.05, 0) is 44.0 Å². The van der Waals surface area contributed by atoms with Crippen LogP contribution >= 0.6 is 24.0 Å². The molecule has 7 nitrogen and oxygen atoms in total. The first kappa shape index (κ1) is 26.5. The Labute approximate surface area is 213 Å². The highest BCUT2D eigenvalue weighted by atomic mass is 127. The van der Waals surface area contributed by atoms with Crippen molar-refractivity contribution in [2.24, 2.45) is 4.99 Å². The van der Waals surface area contributed by atoms with Crippen molar-refractivity contribution in [2.75, 3.05) is 20.3 Å². The zero-order chi connectivity index (χ0) is 22.8. The number of hydrogen-bond donors (Lipinski definition) is 2. The van der Waals surface area contributed by atoms with E-state index in [1.165, 1.54) is 5.56 Å². The summed E-state index contributed by atoms with van der Waals surface area (Å²) in [5.74, 6) is 3.17. The lowest BCUT2D eigenvalue weighted by molar-refractivity contribution is 0.287. The molecule has 0 spiro atoms. The molecular formula is C25H34IN5O2. The van der Waals surface area contributed by atoms with Crippen LogP contribution in [0, 0.1) is 0 Å². The van der Waals surface area contributed by atoms with E-state index in [4.69, 9.17) is 9.47 Å². The Hall–Kier alpha value is -2.75. The predicted octanol–water partition coefficient (Wildman–Crippen LogP) is 4.77. The summed E-state index contributed by atoms with van der Waals surface area (Å²) in [5.41, 5.74) is 2.33. The summed E-state index contributed by atoms with van der Waals surface area (Å²) in [6.45, 7) is 8.57. The second-order valence-corrected chi connectivity index (χ2v) is 7.32. The van der Waals surface area contributed by atoms with E-state index < -0.39 is 0 Å². The van der Waals surface area contributed by atoms with Gasteiger partial charge >= 0.3 is 0 Å². The average Bonchev–Trinajstić information content (AvgIpc) is 3.25. The van der Waals surface area contributed by atoms with Crippen molar-refractivity contribution >= 4 is 29.9 Å². The second-order valence-electron chi connectivity index (χ2n) is 7.32. The number of guanidine groups is 1. The van der Waals surface area contributed by atoms with Crippen molar-refractivity contribution in [2.45, 2.75) is 39.9 Å². The largest absolute Gasteiger partial charge is 0.490 e. The Morgan fingerprint density at radius 3 is 2.48 bits per heavy atom. The van der Waals surface area contributed by atoms with Crippen molar-refractivity contribution in [1.29, 1.82) is 0 Å². The molecule has 0 radical (unpaired) electrons. The molecule has 2 aromatic carbocycles. The SMILES string of the molecule is CCOc1ccc(C(C)NC(=NC)NCc2nccn2Cc2ccccc2)cc1OCC.I. The highest BCUT2D eigenvalue weighted by Gasteiger charge is 2.13. The first-order chi connectivity index (χ1) is 15.6.